The predicted octanol–water partition coefficient (Wildman–Crippen LogP) is 4.29. The predicted molar refractivity (Wildman–Crippen MR) is 84.4 cm³/mol. The van der Waals surface area contributed by atoms with E-state index in [-0.39, 0.29) is 0 Å². The summed E-state index contributed by atoms with van der Waals surface area (Å²) in [5.74, 6) is -0.859. The quantitative estimate of drug-likeness (QED) is 0.796. The van der Waals surface area contributed by atoms with Crippen LogP contribution in [0.4, 0.5) is 0 Å². The zero-order valence-electron chi connectivity index (χ0n) is 10.3. The highest BCUT2D eigenvalue weighted by Gasteiger charge is 2.21. The van der Waals surface area contributed by atoms with Gasteiger partial charge in [0, 0.05) is 6.20 Å². The highest BCUT2D eigenvalue weighted by molar-refractivity contribution is 9.10. The van der Waals surface area contributed by atoms with Crippen LogP contribution in [0.5, 0.6) is 0 Å². The summed E-state index contributed by atoms with van der Waals surface area (Å²) in [4.78, 5) is 15.6. The Morgan fingerprint density at radius 3 is 2.70 bits per heavy atom. The molecule has 2 aromatic rings. The third kappa shape index (κ3) is 4.23. The Balaban J connectivity index is 2.15. The monoisotopic (exact) mass is 371 g/mol. The van der Waals surface area contributed by atoms with Gasteiger partial charge in [0.05, 0.1) is 9.50 Å². The SMILES string of the molecule is O=C(O)C(Cc1ccccc1)Sc1ncc(Cl)cc1Br. The van der Waals surface area contributed by atoms with Gasteiger partial charge in [-0.05, 0) is 34.0 Å². The first kappa shape index (κ1) is 15.4. The van der Waals surface area contributed by atoms with E-state index in [1.54, 1.807) is 6.07 Å². The third-order valence-electron chi connectivity index (χ3n) is 2.57. The van der Waals surface area contributed by atoms with Gasteiger partial charge >= 0.3 is 5.97 Å². The smallest absolute Gasteiger partial charge is 0.317 e. The average molecular weight is 373 g/mol. The van der Waals surface area contributed by atoms with Crippen LogP contribution in [0.3, 0.4) is 0 Å². The zero-order chi connectivity index (χ0) is 14.5. The van der Waals surface area contributed by atoms with Gasteiger partial charge in [0.1, 0.15) is 10.3 Å². The van der Waals surface area contributed by atoms with Crippen LogP contribution in [0.1, 0.15) is 5.56 Å². The summed E-state index contributed by atoms with van der Waals surface area (Å²) in [5.41, 5.74) is 0.984. The Morgan fingerprint density at radius 1 is 1.40 bits per heavy atom. The van der Waals surface area contributed by atoms with Crippen LogP contribution in [0, 0.1) is 0 Å². The van der Waals surface area contributed by atoms with E-state index in [2.05, 4.69) is 20.9 Å². The normalized spacial score (nSPS) is 12.1. The van der Waals surface area contributed by atoms with Gasteiger partial charge in [-0.1, -0.05) is 53.7 Å². The number of rotatable bonds is 5. The van der Waals surface area contributed by atoms with Gasteiger partial charge in [0.25, 0.3) is 0 Å². The number of carbonyl (C=O) groups is 1. The van der Waals surface area contributed by atoms with Crippen LogP contribution in [-0.2, 0) is 11.2 Å². The van der Waals surface area contributed by atoms with Gasteiger partial charge in [-0.15, -0.1) is 0 Å². The average Bonchev–Trinajstić information content (AvgIpc) is 2.42. The number of hydrogen-bond acceptors (Lipinski definition) is 3. The lowest BCUT2D eigenvalue weighted by Crippen LogP contribution is -2.19. The third-order valence-corrected chi connectivity index (χ3v) is 4.84. The number of carboxylic acids is 1. The highest BCUT2D eigenvalue weighted by atomic mass is 79.9. The molecule has 0 fully saturated rings. The van der Waals surface area contributed by atoms with Crippen LogP contribution < -0.4 is 0 Å². The van der Waals surface area contributed by atoms with Crippen molar-refractivity contribution in [2.24, 2.45) is 0 Å². The van der Waals surface area contributed by atoms with E-state index in [1.165, 1.54) is 18.0 Å². The number of benzene rings is 1. The second kappa shape index (κ2) is 7.11. The molecule has 6 heteroatoms. The summed E-state index contributed by atoms with van der Waals surface area (Å²) in [6.45, 7) is 0. The Morgan fingerprint density at radius 2 is 2.10 bits per heavy atom. The molecule has 20 heavy (non-hydrogen) atoms. The molecule has 0 radical (unpaired) electrons. The maximum absolute atomic E-state index is 11.4. The summed E-state index contributed by atoms with van der Waals surface area (Å²) in [7, 11) is 0. The number of aromatic nitrogens is 1. The second-order valence-corrected chi connectivity index (χ2v) is 6.56. The number of hydrogen-bond donors (Lipinski definition) is 1. The molecule has 0 bridgehead atoms. The number of aliphatic carboxylic acids is 1. The van der Waals surface area contributed by atoms with Crippen LogP contribution in [-0.4, -0.2) is 21.3 Å². The molecule has 0 saturated heterocycles. The van der Waals surface area contributed by atoms with E-state index in [0.717, 1.165) is 5.56 Å². The van der Waals surface area contributed by atoms with Gasteiger partial charge < -0.3 is 5.11 Å². The maximum atomic E-state index is 11.4. The summed E-state index contributed by atoms with van der Waals surface area (Å²) in [5, 5.41) is 9.89. The fourth-order valence-corrected chi connectivity index (χ4v) is 3.48. The molecule has 104 valence electrons. The van der Waals surface area contributed by atoms with E-state index in [4.69, 9.17) is 11.6 Å². The number of thioether (sulfide) groups is 1. The second-order valence-electron chi connectivity index (χ2n) is 4.07. The molecule has 1 aromatic carbocycles. The van der Waals surface area contributed by atoms with E-state index in [9.17, 15) is 9.90 Å². The van der Waals surface area contributed by atoms with Crippen molar-refractivity contribution in [1.82, 2.24) is 4.98 Å². The Bertz CT molecular complexity index is 609. The number of carboxylic acid groups (broad SMARTS) is 1. The number of pyridine rings is 1. The molecule has 1 unspecified atom stereocenters. The summed E-state index contributed by atoms with van der Waals surface area (Å²) in [6.07, 6.45) is 1.95. The molecule has 0 aliphatic heterocycles. The first-order valence-corrected chi connectivity index (χ1v) is 7.86. The lowest BCUT2D eigenvalue weighted by atomic mass is 10.1. The molecule has 1 atom stereocenters. The minimum Gasteiger partial charge on any atom is -0.480 e. The summed E-state index contributed by atoms with van der Waals surface area (Å²) in [6, 6.07) is 11.2. The molecule has 0 amide bonds. The van der Waals surface area contributed by atoms with E-state index in [0.29, 0.717) is 20.9 Å². The Kier molecular flexibility index (Phi) is 5.46. The van der Waals surface area contributed by atoms with E-state index < -0.39 is 11.2 Å². The molecule has 1 heterocycles. The molecule has 0 aliphatic rings. The van der Waals surface area contributed by atoms with Crippen molar-refractivity contribution in [3.05, 3.63) is 57.7 Å². The largest absolute Gasteiger partial charge is 0.480 e. The molecule has 0 spiro atoms. The fourth-order valence-electron chi connectivity index (χ4n) is 1.63. The van der Waals surface area contributed by atoms with Crippen LogP contribution >= 0.6 is 39.3 Å². The van der Waals surface area contributed by atoms with Crippen molar-refractivity contribution in [2.45, 2.75) is 16.7 Å². The van der Waals surface area contributed by atoms with Gasteiger partial charge in [-0.2, -0.15) is 0 Å². The first-order valence-electron chi connectivity index (χ1n) is 5.80. The molecule has 1 N–H and O–H groups in total. The maximum Gasteiger partial charge on any atom is 0.317 e. The van der Waals surface area contributed by atoms with E-state index >= 15 is 0 Å². The minimum atomic E-state index is -0.859. The first-order chi connectivity index (χ1) is 9.56. The topological polar surface area (TPSA) is 50.2 Å². The zero-order valence-corrected chi connectivity index (χ0v) is 13.5. The molecule has 1 aromatic heterocycles. The molecular weight excluding hydrogens is 362 g/mol. The summed E-state index contributed by atoms with van der Waals surface area (Å²) >= 11 is 10.4. The molecule has 2 rings (SSSR count). The molecule has 3 nitrogen and oxygen atoms in total. The number of halogens is 2. The van der Waals surface area contributed by atoms with Gasteiger partial charge in [-0.3, -0.25) is 4.79 Å². The van der Waals surface area contributed by atoms with Crippen molar-refractivity contribution >= 4 is 45.3 Å². The van der Waals surface area contributed by atoms with Gasteiger partial charge in [0.2, 0.25) is 0 Å². The van der Waals surface area contributed by atoms with Crippen molar-refractivity contribution in [3.63, 3.8) is 0 Å². The minimum absolute atomic E-state index is 0.442. The molecule has 0 aliphatic carbocycles. The van der Waals surface area contributed by atoms with Crippen LogP contribution in [0.2, 0.25) is 5.02 Å². The summed E-state index contributed by atoms with van der Waals surface area (Å²) < 4.78 is 0.703. The fraction of sp³-hybridized carbons (Fsp3) is 0.143. The molecule has 0 saturated carbocycles. The highest BCUT2D eigenvalue weighted by Crippen LogP contribution is 2.31. The van der Waals surface area contributed by atoms with Crippen molar-refractivity contribution in [2.75, 3.05) is 0 Å². The van der Waals surface area contributed by atoms with Crippen molar-refractivity contribution in [3.8, 4) is 0 Å². The van der Waals surface area contributed by atoms with Gasteiger partial charge in [-0.25, -0.2) is 4.98 Å². The standard InChI is InChI=1S/C14H11BrClNO2S/c15-11-7-10(16)8-17-13(11)20-12(14(18)19)6-9-4-2-1-3-5-9/h1-5,7-8,12H,6H2,(H,18,19). The van der Waals surface area contributed by atoms with Crippen molar-refractivity contribution < 1.29 is 9.90 Å². The van der Waals surface area contributed by atoms with Crippen molar-refractivity contribution in [1.29, 1.82) is 0 Å². The van der Waals surface area contributed by atoms with Crippen LogP contribution in [0.15, 0.2) is 52.1 Å². The van der Waals surface area contributed by atoms with E-state index in [1.807, 2.05) is 30.3 Å². The molecular formula is C14H11BrClNO2S. The lowest BCUT2D eigenvalue weighted by molar-refractivity contribution is -0.136. The van der Waals surface area contributed by atoms with Crippen LogP contribution in [0.25, 0.3) is 0 Å². The lowest BCUT2D eigenvalue weighted by Gasteiger charge is -2.12. The van der Waals surface area contributed by atoms with Gasteiger partial charge in [0.15, 0.2) is 0 Å². The Labute approximate surface area is 134 Å². The Hall–Kier alpha value is -1.04. The number of nitrogens with zero attached hydrogens (tertiary/aromatic N) is 1.